The van der Waals surface area contributed by atoms with E-state index in [-0.39, 0.29) is 17.8 Å². The lowest BCUT2D eigenvalue weighted by Crippen LogP contribution is -2.41. The number of halogens is 1. The second-order valence-electron chi connectivity index (χ2n) is 10.9. The Kier molecular flexibility index (Phi) is 10.5. The molecule has 0 N–H and O–H groups in total. The van der Waals surface area contributed by atoms with Crippen LogP contribution in [0.5, 0.6) is 5.75 Å². The summed E-state index contributed by atoms with van der Waals surface area (Å²) in [6.07, 6.45) is 1.15. The molecule has 0 saturated carbocycles. The molecule has 2 rings (SSSR count). The lowest BCUT2D eigenvalue weighted by molar-refractivity contribution is -0.904. The van der Waals surface area contributed by atoms with Gasteiger partial charge in [0.25, 0.3) is 0 Å². The van der Waals surface area contributed by atoms with E-state index in [0.29, 0.717) is 18.6 Å². The standard InChI is InChI=1S/C27H42NO2.ClH/c1-26(2,3)22-27(4,5)24-13-15-25(16-14-24)30-20-19-29-18-17-28(6,7)21-23-11-9-8-10-12-23;/h8-16H,17-22H2,1-7H3;1H/q+1;. The summed E-state index contributed by atoms with van der Waals surface area (Å²) in [4.78, 5) is 0. The third-order valence-corrected chi connectivity index (χ3v) is 5.40. The molecule has 0 bridgehead atoms. The summed E-state index contributed by atoms with van der Waals surface area (Å²) in [7, 11) is 4.49. The molecule has 0 fully saturated rings. The molecule has 0 saturated heterocycles. The van der Waals surface area contributed by atoms with Crippen molar-refractivity contribution in [3.8, 4) is 5.75 Å². The maximum atomic E-state index is 5.87. The van der Waals surface area contributed by atoms with E-state index in [1.54, 1.807) is 0 Å². The van der Waals surface area contributed by atoms with Crippen molar-refractivity contribution in [1.82, 2.24) is 0 Å². The smallest absolute Gasteiger partial charge is 0.119 e. The molecular weight excluding hydrogens is 406 g/mol. The maximum absolute atomic E-state index is 5.87. The van der Waals surface area contributed by atoms with Crippen molar-refractivity contribution in [3.05, 3.63) is 65.7 Å². The number of hydrogen-bond donors (Lipinski definition) is 0. The topological polar surface area (TPSA) is 18.5 Å². The summed E-state index contributed by atoms with van der Waals surface area (Å²) in [5.41, 5.74) is 3.19. The molecule has 2 aromatic rings. The van der Waals surface area contributed by atoms with Crippen LogP contribution in [0.25, 0.3) is 0 Å². The number of nitrogens with zero attached hydrogens (tertiary/aromatic N) is 1. The van der Waals surface area contributed by atoms with E-state index >= 15 is 0 Å². The highest BCUT2D eigenvalue weighted by atomic mass is 35.5. The predicted molar refractivity (Wildman–Crippen MR) is 134 cm³/mol. The zero-order valence-corrected chi connectivity index (χ0v) is 21.4. The Morgan fingerprint density at radius 1 is 0.774 bits per heavy atom. The van der Waals surface area contributed by atoms with Gasteiger partial charge in [-0.1, -0.05) is 77.1 Å². The molecule has 0 atom stereocenters. The first kappa shape index (κ1) is 27.5. The normalized spacial score (nSPS) is 12.4. The van der Waals surface area contributed by atoms with Crippen molar-refractivity contribution in [1.29, 1.82) is 0 Å². The summed E-state index contributed by atoms with van der Waals surface area (Å²) in [6.45, 7) is 15.5. The Hall–Kier alpha value is -1.55. The van der Waals surface area contributed by atoms with Gasteiger partial charge in [0.1, 0.15) is 25.4 Å². The fourth-order valence-electron chi connectivity index (χ4n) is 4.22. The van der Waals surface area contributed by atoms with Crippen LogP contribution in [0.1, 0.15) is 52.2 Å². The summed E-state index contributed by atoms with van der Waals surface area (Å²) >= 11 is 0. The minimum Gasteiger partial charge on any atom is -0.491 e. The maximum Gasteiger partial charge on any atom is 0.119 e. The third-order valence-electron chi connectivity index (χ3n) is 5.40. The summed E-state index contributed by atoms with van der Waals surface area (Å²) in [5, 5.41) is 0. The fraction of sp³-hybridized carbons (Fsp3) is 0.556. The molecule has 0 aromatic heterocycles. The van der Waals surface area contributed by atoms with E-state index in [1.165, 1.54) is 11.1 Å². The van der Waals surface area contributed by atoms with Gasteiger partial charge in [0.15, 0.2) is 0 Å². The van der Waals surface area contributed by atoms with Gasteiger partial charge in [-0.05, 0) is 34.9 Å². The van der Waals surface area contributed by atoms with Gasteiger partial charge in [0.2, 0.25) is 0 Å². The van der Waals surface area contributed by atoms with Gasteiger partial charge in [-0.15, -0.1) is 12.4 Å². The minimum absolute atomic E-state index is 0. The van der Waals surface area contributed by atoms with Crippen LogP contribution in [-0.2, 0) is 16.7 Å². The third kappa shape index (κ3) is 10.5. The molecule has 31 heavy (non-hydrogen) atoms. The van der Waals surface area contributed by atoms with E-state index in [4.69, 9.17) is 9.47 Å². The highest BCUT2D eigenvalue weighted by molar-refractivity contribution is 5.85. The monoisotopic (exact) mass is 448 g/mol. The van der Waals surface area contributed by atoms with E-state index in [1.807, 2.05) is 0 Å². The Labute approximate surface area is 196 Å². The van der Waals surface area contributed by atoms with Crippen molar-refractivity contribution in [3.63, 3.8) is 0 Å². The van der Waals surface area contributed by atoms with Crippen LogP contribution in [0.3, 0.4) is 0 Å². The first-order valence-corrected chi connectivity index (χ1v) is 11.1. The molecule has 174 valence electrons. The molecule has 4 heteroatoms. The van der Waals surface area contributed by atoms with Crippen LogP contribution >= 0.6 is 12.4 Å². The largest absolute Gasteiger partial charge is 0.491 e. The van der Waals surface area contributed by atoms with Gasteiger partial charge in [-0.25, -0.2) is 0 Å². The van der Waals surface area contributed by atoms with Gasteiger partial charge in [0.05, 0.1) is 27.3 Å². The van der Waals surface area contributed by atoms with E-state index in [9.17, 15) is 0 Å². The number of ether oxygens (including phenoxy) is 2. The summed E-state index contributed by atoms with van der Waals surface area (Å²) in [5.74, 6) is 0.911. The highest BCUT2D eigenvalue weighted by Crippen LogP contribution is 2.36. The molecule has 0 amide bonds. The summed E-state index contributed by atoms with van der Waals surface area (Å²) < 4.78 is 12.6. The average molecular weight is 449 g/mol. The molecule has 0 aliphatic rings. The van der Waals surface area contributed by atoms with Gasteiger partial charge >= 0.3 is 0 Å². The van der Waals surface area contributed by atoms with E-state index in [2.05, 4.69) is 103 Å². The van der Waals surface area contributed by atoms with Gasteiger partial charge < -0.3 is 14.0 Å². The lowest BCUT2D eigenvalue weighted by atomic mass is 9.72. The first-order chi connectivity index (χ1) is 14.0. The molecule has 0 radical (unpaired) electrons. The van der Waals surface area contributed by atoms with Gasteiger partial charge in [-0.2, -0.15) is 0 Å². The van der Waals surface area contributed by atoms with Crippen molar-refractivity contribution < 1.29 is 14.0 Å². The number of rotatable bonds is 11. The lowest BCUT2D eigenvalue weighted by Gasteiger charge is -2.33. The number of quaternary nitrogens is 1. The zero-order valence-electron chi connectivity index (χ0n) is 20.6. The van der Waals surface area contributed by atoms with E-state index in [0.717, 1.165) is 36.3 Å². The fourth-order valence-corrected chi connectivity index (χ4v) is 4.22. The number of likely N-dealkylation sites (N-methyl/N-ethyl adjacent to an activating group) is 1. The van der Waals surface area contributed by atoms with Crippen LogP contribution in [0.15, 0.2) is 54.6 Å². The van der Waals surface area contributed by atoms with Crippen LogP contribution in [0.2, 0.25) is 0 Å². The molecular formula is C27H43ClNO2+. The number of benzene rings is 2. The van der Waals surface area contributed by atoms with Crippen molar-refractivity contribution in [2.24, 2.45) is 5.41 Å². The highest BCUT2D eigenvalue weighted by Gasteiger charge is 2.27. The number of hydrogen-bond acceptors (Lipinski definition) is 2. The predicted octanol–water partition coefficient (Wildman–Crippen LogP) is 6.49. The van der Waals surface area contributed by atoms with E-state index < -0.39 is 0 Å². The van der Waals surface area contributed by atoms with Crippen molar-refractivity contribution >= 4 is 12.4 Å². The van der Waals surface area contributed by atoms with Crippen LogP contribution in [0.4, 0.5) is 0 Å². The molecule has 0 aliphatic carbocycles. The molecule has 0 unspecified atom stereocenters. The van der Waals surface area contributed by atoms with Crippen LogP contribution in [-0.4, -0.2) is 44.9 Å². The second kappa shape index (κ2) is 11.9. The second-order valence-corrected chi connectivity index (χ2v) is 10.9. The SMILES string of the molecule is CC(C)(C)CC(C)(C)c1ccc(OCCOCC[N+](C)(C)Cc2ccccc2)cc1.Cl. The van der Waals surface area contributed by atoms with Crippen molar-refractivity contribution in [2.45, 2.75) is 53.0 Å². The Bertz CT molecular complexity index is 749. The Balaban J connectivity index is 0.00000480. The van der Waals surface area contributed by atoms with Gasteiger partial charge in [-0.3, -0.25) is 0 Å². The molecule has 0 heterocycles. The molecule has 0 aliphatic heterocycles. The minimum atomic E-state index is 0. The molecule has 0 spiro atoms. The van der Waals surface area contributed by atoms with Gasteiger partial charge in [0, 0.05) is 5.56 Å². The zero-order chi connectivity index (χ0) is 22.3. The van der Waals surface area contributed by atoms with Crippen molar-refractivity contribution in [2.75, 3.05) is 40.5 Å². The molecule has 2 aromatic carbocycles. The molecule has 3 nitrogen and oxygen atoms in total. The van der Waals surface area contributed by atoms with Crippen LogP contribution in [0, 0.1) is 5.41 Å². The quantitative estimate of drug-likeness (QED) is 0.288. The summed E-state index contributed by atoms with van der Waals surface area (Å²) in [6, 6.07) is 19.2. The Morgan fingerprint density at radius 3 is 1.97 bits per heavy atom. The first-order valence-electron chi connectivity index (χ1n) is 11.1. The van der Waals surface area contributed by atoms with Crippen LogP contribution < -0.4 is 4.74 Å². The average Bonchev–Trinajstić information content (AvgIpc) is 2.63. The Morgan fingerprint density at radius 2 is 1.39 bits per heavy atom.